The Kier molecular flexibility index (Phi) is 7.09. The van der Waals surface area contributed by atoms with Gasteiger partial charge in [-0.15, -0.1) is 11.8 Å². The minimum Gasteiger partial charge on any atom is -0.294 e. The van der Waals surface area contributed by atoms with Crippen molar-refractivity contribution in [3.05, 3.63) is 77.2 Å². The van der Waals surface area contributed by atoms with E-state index in [1.54, 1.807) is 30.1 Å². The number of unbranched alkanes of at least 4 members (excludes halogenated alkanes) is 1. The zero-order valence-electron chi connectivity index (χ0n) is 16.9. The number of carbonyl (C=O) groups is 2. The molecule has 0 saturated carbocycles. The van der Waals surface area contributed by atoms with Crippen LogP contribution in [-0.4, -0.2) is 37.7 Å². The number of aryl methyl sites for hydroxylation is 1. The van der Waals surface area contributed by atoms with Gasteiger partial charge in [0, 0.05) is 18.9 Å². The third kappa shape index (κ3) is 5.37. The Morgan fingerprint density at radius 1 is 1.10 bits per heavy atom. The van der Waals surface area contributed by atoms with Crippen molar-refractivity contribution in [3.63, 3.8) is 0 Å². The summed E-state index contributed by atoms with van der Waals surface area (Å²) in [6, 6.07) is 12.4. The molecule has 2 aromatic heterocycles. The molecule has 3 aromatic rings. The standard InChI is InChI=1S/C23H22FN3O2S2/c24-18-11-9-17(10-12-18)5-3-6-19-22(28)27(23(29)31-19)14-1-2-16-30-21-8-4-7-20-25-13-15-26(20)21/h4,6-13,15H,1-3,5,14,16H2. The summed E-state index contributed by atoms with van der Waals surface area (Å²) in [5.74, 6) is 0.438. The number of thioether (sulfide) groups is 2. The molecule has 0 radical (unpaired) electrons. The summed E-state index contributed by atoms with van der Waals surface area (Å²) in [6.07, 6.45) is 8.56. The van der Waals surface area contributed by atoms with E-state index in [0.29, 0.717) is 24.3 Å². The lowest BCUT2D eigenvalue weighted by Gasteiger charge is -2.12. The van der Waals surface area contributed by atoms with E-state index < -0.39 is 0 Å². The molecule has 0 aliphatic carbocycles. The first-order valence-electron chi connectivity index (χ1n) is 10.1. The van der Waals surface area contributed by atoms with Crippen molar-refractivity contribution in [1.82, 2.24) is 14.3 Å². The first-order chi connectivity index (χ1) is 15.1. The number of halogens is 1. The van der Waals surface area contributed by atoms with Crippen molar-refractivity contribution in [2.24, 2.45) is 0 Å². The smallest absolute Gasteiger partial charge is 0.293 e. The second-order valence-electron chi connectivity index (χ2n) is 7.13. The van der Waals surface area contributed by atoms with Gasteiger partial charge in [-0.25, -0.2) is 9.37 Å². The summed E-state index contributed by atoms with van der Waals surface area (Å²) in [5.41, 5.74) is 1.93. The molecule has 8 heteroatoms. The lowest BCUT2D eigenvalue weighted by atomic mass is 10.1. The van der Waals surface area contributed by atoms with Gasteiger partial charge in [0.15, 0.2) is 0 Å². The van der Waals surface area contributed by atoms with Gasteiger partial charge in [0.05, 0.1) is 9.93 Å². The average molecular weight is 456 g/mol. The Morgan fingerprint density at radius 3 is 2.77 bits per heavy atom. The first-order valence-corrected chi connectivity index (χ1v) is 12.0. The molecule has 0 spiro atoms. The van der Waals surface area contributed by atoms with Crippen molar-refractivity contribution in [2.75, 3.05) is 12.3 Å². The summed E-state index contributed by atoms with van der Waals surface area (Å²) < 4.78 is 15.0. The van der Waals surface area contributed by atoms with Crippen LogP contribution in [0.2, 0.25) is 0 Å². The Bertz CT molecular complexity index is 1110. The van der Waals surface area contributed by atoms with Gasteiger partial charge in [0.25, 0.3) is 11.1 Å². The second-order valence-corrected chi connectivity index (χ2v) is 9.24. The number of hydrogen-bond acceptors (Lipinski definition) is 5. The van der Waals surface area contributed by atoms with E-state index in [1.165, 1.54) is 17.0 Å². The highest BCUT2D eigenvalue weighted by atomic mass is 32.2. The molecule has 4 rings (SSSR count). The molecule has 31 heavy (non-hydrogen) atoms. The largest absolute Gasteiger partial charge is 0.294 e. The number of nitrogens with zero attached hydrogens (tertiary/aromatic N) is 3. The molecule has 1 fully saturated rings. The molecular weight excluding hydrogens is 433 g/mol. The van der Waals surface area contributed by atoms with Gasteiger partial charge in [0.1, 0.15) is 11.5 Å². The monoisotopic (exact) mass is 455 g/mol. The van der Waals surface area contributed by atoms with E-state index in [9.17, 15) is 14.0 Å². The number of rotatable bonds is 9. The van der Waals surface area contributed by atoms with Gasteiger partial charge >= 0.3 is 0 Å². The number of imide groups is 1. The third-order valence-corrected chi connectivity index (χ3v) is 7.04. The van der Waals surface area contributed by atoms with E-state index in [4.69, 9.17) is 0 Å². The van der Waals surface area contributed by atoms with Crippen molar-refractivity contribution >= 4 is 40.3 Å². The minimum atomic E-state index is -0.262. The maximum Gasteiger partial charge on any atom is 0.293 e. The number of pyridine rings is 1. The van der Waals surface area contributed by atoms with Gasteiger partial charge in [-0.1, -0.05) is 24.3 Å². The van der Waals surface area contributed by atoms with Crippen LogP contribution in [0.3, 0.4) is 0 Å². The van der Waals surface area contributed by atoms with Crippen LogP contribution < -0.4 is 0 Å². The maximum atomic E-state index is 13.0. The van der Waals surface area contributed by atoms with E-state index >= 15 is 0 Å². The number of imidazole rings is 1. The lowest BCUT2D eigenvalue weighted by Crippen LogP contribution is -2.29. The summed E-state index contributed by atoms with van der Waals surface area (Å²) in [7, 11) is 0. The first kappa shape index (κ1) is 21.6. The number of hydrogen-bond donors (Lipinski definition) is 0. The molecule has 3 heterocycles. The number of carbonyl (C=O) groups excluding carboxylic acids is 2. The lowest BCUT2D eigenvalue weighted by molar-refractivity contribution is -0.122. The van der Waals surface area contributed by atoms with Crippen molar-refractivity contribution in [2.45, 2.75) is 30.7 Å². The van der Waals surface area contributed by atoms with Crippen LogP contribution in [0, 0.1) is 5.82 Å². The summed E-state index contributed by atoms with van der Waals surface area (Å²) in [6.45, 7) is 0.440. The molecule has 0 atom stereocenters. The Labute approximate surface area is 188 Å². The molecular formula is C23H22FN3O2S2. The van der Waals surface area contributed by atoms with E-state index in [2.05, 4.69) is 15.5 Å². The zero-order valence-corrected chi connectivity index (χ0v) is 18.5. The van der Waals surface area contributed by atoms with Crippen molar-refractivity contribution < 1.29 is 14.0 Å². The fraction of sp³-hybridized carbons (Fsp3) is 0.261. The predicted molar refractivity (Wildman–Crippen MR) is 123 cm³/mol. The van der Waals surface area contributed by atoms with E-state index in [1.807, 2.05) is 24.4 Å². The SMILES string of the molecule is O=C1SC(=CCCc2ccc(F)cc2)C(=O)N1CCCCSc1cccc2nccn12. The fourth-order valence-corrected chi connectivity index (χ4v) is 5.24. The molecule has 1 aromatic carbocycles. The van der Waals surface area contributed by atoms with Gasteiger partial charge in [-0.2, -0.15) is 0 Å². The quantitative estimate of drug-likeness (QED) is 0.240. The highest BCUT2D eigenvalue weighted by Gasteiger charge is 2.34. The zero-order chi connectivity index (χ0) is 21.6. The van der Waals surface area contributed by atoms with Crippen molar-refractivity contribution in [1.29, 1.82) is 0 Å². The predicted octanol–water partition coefficient (Wildman–Crippen LogP) is 5.56. The van der Waals surface area contributed by atoms with Crippen LogP contribution in [-0.2, 0) is 11.2 Å². The Balaban J connectivity index is 1.21. The third-order valence-electron chi connectivity index (χ3n) is 4.97. The molecule has 1 aliphatic rings. The Morgan fingerprint density at radius 2 is 1.94 bits per heavy atom. The van der Waals surface area contributed by atoms with E-state index in [-0.39, 0.29) is 17.0 Å². The van der Waals surface area contributed by atoms with Gasteiger partial charge in [-0.3, -0.25) is 18.9 Å². The molecule has 160 valence electrons. The topological polar surface area (TPSA) is 54.7 Å². The second kappa shape index (κ2) is 10.2. The highest BCUT2D eigenvalue weighted by molar-refractivity contribution is 8.18. The number of fused-ring (bicyclic) bond motifs is 1. The molecule has 1 saturated heterocycles. The summed E-state index contributed by atoms with van der Waals surface area (Å²) >= 11 is 2.75. The fourth-order valence-electron chi connectivity index (χ4n) is 3.34. The van der Waals surface area contributed by atoms with Crippen LogP contribution in [0.4, 0.5) is 9.18 Å². The van der Waals surface area contributed by atoms with Gasteiger partial charge in [-0.05, 0) is 73.0 Å². The average Bonchev–Trinajstić information content (AvgIpc) is 3.35. The number of aromatic nitrogens is 2. The molecule has 5 nitrogen and oxygen atoms in total. The molecule has 0 bridgehead atoms. The number of benzene rings is 1. The van der Waals surface area contributed by atoms with Crippen LogP contribution in [0.15, 0.2) is 70.9 Å². The van der Waals surface area contributed by atoms with E-state index in [0.717, 1.165) is 46.6 Å². The summed E-state index contributed by atoms with van der Waals surface area (Å²) in [5, 5.41) is 0.930. The number of allylic oxidation sites excluding steroid dienone is 1. The molecule has 0 unspecified atom stereocenters. The maximum absolute atomic E-state index is 13.0. The summed E-state index contributed by atoms with van der Waals surface area (Å²) in [4.78, 5) is 30.9. The van der Waals surface area contributed by atoms with Crippen molar-refractivity contribution in [3.8, 4) is 0 Å². The highest BCUT2D eigenvalue weighted by Crippen LogP contribution is 2.31. The Hall–Kier alpha value is -2.58. The molecule has 2 amide bonds. The van der Waals surface area contributed by atoms with Crippen LogP contribution >= 0.6 is 23.5 Å². The van der Waals surface area contributed by atoms with Crippen LogP contribution in [0.1, 0.15) is 24.8 Å². The molecule has 0 N–H and O–H groups in total. The molecule has 1 aliphatic heterocycles. The van der Waals surface area contributed by atoms with Gasteiger partial charge < -0.3 is 0 Å². The normalized spacial score (nSPS) is 15.5. The van der Waals surface area contributed by atoms with Crippen LogP contribution in [0.25, 0.3) is 5.65 Å². The minimum absolute atomic E-state index is 0.200. The van der Waals surface area contributed by atoms with Gasteiger partial charge in [0.2, 0.25) is 0 Å². The number of amides is 2. The van der Waals surface area contributed by atoms with Crippen LogP contribution in [0.5, 0.6) is 0 Å².